The van der Waals surface area contributed by atoms with Crippen LogP contribution >= 0.6 is 12.2 Å². The van der Waals surface area contributed by atoms with Crippen molar-refractivity contribution in [3.8, 4) is 22.9 Å². The summed E-state index contributed by atoms with van der Waals surface area (Å²) >= 11 is 5.47. The molecule has 1 fully saturated rings. The van der Waals surface area contributed by atoms with Crippen LogP contribution in [0, 0.1) is 4.77 Å². The Bertz CT molecular complexity index is 989. The molecule has 152 valence electrons. The first-order chi connectivity index (χ1) is 14.2. The smallest absolute Gasteiger partial charge is 0.221 e. The highest BCUT2D eigenvalue weighted by Gasteiger charge is 2.21. The molecule has 0 spiro atoms. The van der Waals surface area contributed by atoms with E-state index in [0.717, 1.165) is 55.7 Å². The molecule has 1 aliphatic heterocycles. The van der Waals surface area contributed by atoms with E-state index in [-0.39, 0.29) is 0 Å². The van der Waals surface area contributed by atoms with Gasteiger partial charge in [-0.1, -0.05) is 0 Å². The van der Waals surface area contributed by atoms with Crippen molar-refractivity contribution in [2.45, 2.75) is 6.67 Å². The second-order valence-corrected chi connectivity index (χ2v) is 7.47. The number of aromatic nitrogens is 3. The number of benzene rings is 2. The molecule has 2 N–H and O–H groups in total. The Kier molecular flexibility index (Phi) is 5.82. The van der Waals surface area contributed by atoms with Crippen molar-refractivity contribution >= 4 is 17.9 Å². The summed E-state index contributed by atoms with van der Waals surface area (Å²) in [5.41, 5.74) is 2.24. The summed E-state index contributed by atoms with van der Waals surface area (Å²) in [7, 11) is 3.35. The number of methoxy groups -OCH3 is 2. The van der Waals surface area contributed by atoms with Crippen molar-refractivity contribution in [1.82, 2.24) is 14.8 Å². The van der Waals surface area contributed by atoms with E-state index in [4.69, 9.17) is 21.7 Å². The van der Waals surface area contributed by atoms with Crippen LogP contribution in [-0.2, 0) is 6.67 Å². The Labute approximate surface area is 175 Å². The molecule has 4 rings (SSSR count). The average Bonchev–Trinajstić information content (AvgIpc) is 3.14. The molecule has 0 aliphatic carbocycles. The lowest BCUT2D eigenvalue weighted by Gasteiger charge is -2.33. The van der Waals surface area contributed by atoms with Gasteiger partial charge in [-0.15, -0.1) is 0 Å². The van der Waals surface area contributed by atoms with Gasteiger partial charge in [-0.2, -0.15) is 4.98 Å². The predicted octanol–water partition coefficient (Wildman–Crippen LogP) is 1.99. The third kappa shape index (κ3) is 4.44. The number of rotatable bonds is 6. The lowest BCUT2D eigenvalue weighted by Crippen LogP contribution is -3.14. The number of nitrogens with one attached hydrogen (secondary N) is 2. The van der Waals surface area contributed by atoms with E-state index in [1.54, 1.807) is 14.2 Å². The van der Waals surface area contributed by atoms with Crippen LogP contribution in [0.5, 0.6) is 11.5 Å². The summed E-state index contributed by atoms with van der Waals surface area (Å²) in [4.78, 5) is 8.42. The van der Waals surface area contributed by atoms with Crippen LogP contribution in [0.15, 0.2) is 48.5 Å². The molecule has 0 saturated carbocycles. The van der Waals surface area contributed by atoms with E-state index in [2.05, 4.69) is 27.1 Å². The van der Waals surface area contributed by atoms with Crippen LogP contribution in [0.3, 0.4) is 0 Å². The molecule has 0 bridgehead atoms. The Hall–Kier alpha value is -2.84. The molecule has 2 heterocycles. The van der Waals surface area contributed by atoms with Gasteiger partial charge in [0, 0.05) is 11.3 Å². The minimum absolute atomic E-state index is 0.584. The van der Waals surface area contributed by atoms with Crippen LogP contribution in [-0.4, -0.2) is 55.2 Å². The maximum absolute atomic E-state index is 5.47. The fourth-order valence-electron chi connectivity index (χ4n) is 3.60. The van der Waals surface area contributed by atoms with Gasteiger partial charge in [-0.25, -0.2) is 4.68 Å². The summed E-state index contributed by atoms with van der Waals surface area (Å²) < 4.78 is 13.0. The monoisotopic (exact) mass is 412 g/mol. The quantitative estimate of drug-likeness (QED) is 0.607. The van der Waals surface area contributed by atoms with Crippen LogP contribution in [0.4, 0.5) is 5.69 Å². The lowest BCUT2D eigenvalue weighted by atomic mass is 10.2. The molecule has 0 radical (unpaired) electrons. The predicted molar refractivity (Wildman–Crippen MR) is 115 cm³/mol. The second-order valence-electron chi connectivity index (χ2n) is 7.10. The number of piperazine rings is 1. The van der Waals surface area contributed by atoms with E-state index in [0.29, 0.717) is 4.77 Å². The number of anilines is 1. The normalized spacial score (nSPS) is 14.8. The Balaban J connectivity index is 1.37. The zero-order valence-corrected chi connectivity index (χ0v) is 17.5. The molecule has 1 aliphatic rings. The number of quaternary nitrogens is 1. The van der Waals surface area contributed by atoms with Gasteiger partial charge in [-0.3, -0.25) is 5.10 Å². The Morgan fingerprint density at radius 3 is 2.14 bits per heavy atom. The standard InChI is InChI=1S/C21H25N5O2S/c1-27-18-7-3-16(4-8-18)20-22-21(29)26(23-20)15-24-11-13-25(14-12-24)17-5-9-19(28-2)10-6-17/h3-10H,11-15H2,1-2H3,(H,22,23,29)/p+1. The molecular formula is C21H26N5O2S+. The zero-order valence-electron chi connectivity index (χ0n) is 16.7. The molecule has 0 unspecified atom stereocenters. The summed E-state index contributed by atoms with van der Waals surface area (Å²) in [6, 6.07) is 16.1. The first-order valence-electron chi connectivity index (χ1n) is 9.70. The highest BCUT2D eigenvalue weighted by atomic mass is 32.1. The average molecular weight is 413 g/mol. The minimum atomic E-state index is 0.584. The van der Waals surface area contributed by atoms with Crippen molar-refractivity contribution in [2.75, 3.05) is 45.3 Å². The lowest BCUT2D eigenvalue weighted by molar-refractivity contribution is -0.924. The third-order valence-corrected chi connectivity index (χ3v) is 5.64. The Morgan fingerprint density at radius 2 is 1.55 bits per heavy atom. The minimum Gasteiger partial charge on any atom is -0.497 e. The topological polar surface area (TPSA) is 59.8 Å². The van der Waals surface area contributed by atoms with Crippen LogP contribution < -0.4 is 19.3 Å². The third-order valence-electron chi connectivity index (χ3n) is 5.33. The van der Waals surface area contributed by atoms with E-state index in [1.165, 1.54) is 10.6 Å². The molecule has 2 aromatic carbocycles. The van der Waals surface area contributed by atoms with Gasteiger partial charge in [0.1, 0.15) is 11.5 Å². The van der Waals surface area contributed by atoms with Gasteiger partial charge in [-0.05, 0) is 60.7 Å². The largest absolute Gasteiger partial charge is 0.497 e. The van der Waals surface area contributed by atoms with Crippen molar-refractivity contribution in [1.29, 1.82) is 0 Å². The summed E-state index contributed by atoms with van der Waals surface area (Å²) in [6.07, 6.45) is 0. The van der Waals surface area contributed by atoms with Crippen molar-refractivity contribution in [2.24, 2.45) is 0 Å². The van der Waals surface area contributed by atoms with E-state index < -0.39 is 0 Å². The molecule has 1 saturated heterocycles. The van der Waals surface area contributed by atoms with E-state index >= 15 is 0 Å². The first-order valence-corrected chi connectivity index (χ1v) is 10.1. The SMILES string of the molecule is COc1ccc(-c2nc(=S)n(C[NH+]3CCN(c4ccc(OC)cc4)CC3)[nH]2)cc1. The molecule has 7 nitrogen and oxygen atoms in total. The summed E-state index contributed by atoms with van der Waals surface area (Å²) in [5.74, 6) is 2.50. The number of ether oxygens (including phenoxy) is 2. The molecule has 3 aromatic rings. The van der Waals surface area contributed by atoms with E-state index in [9.17, 15) is 0 Å². The first kappa shape index (κ1) is 19.5. The summed E-state index contributed by atoms with van der Waals surface area (Å²) in [6.45, 7) is 4.90. The maximum atomic E-state index is 5.47. The van der Waals surface area contributed by atoms with Gasteiger partial charge in [0.2, 0.25) is 4.77 Å². The van der Waals surface area contributed by atoms with Gasteiger partial charge < -0.3 is 19.3 Å². The highest BCUT2D eigenvalue weighted by Crippen LogP contribution is 2.20. The van der Waals surface area contributed by atoms with Crippen LogP contribution in [0.1, 0.15) is 0 Å². The molecule has 0 atom stereocenters. The van der Waals surface area contributed by atoms with Crippen LogP contribution in [0.2, 0.25) is 0 Å². The fourth-order valence-corrected chi connectivity index (χ4v) is 3.80. The zero-order chi connectivity index (χ0) is 20.2. The number of nitrogens with zero attached hydrogens (tertiary/aromatic N) is 3. The van der Waals surface area contributed by atoms with Gasteiger partial charge in [0.15, 0.2) is 12.5 Å². The molecule has 8 heteroatoms. The number of hydrogen-bond donors (Lipinski definition) is 2. The molecular weight excluding hydrogens is 386 g/mol. The van der Waals surface area contributed by atoms with Crippen molar-refractivity contribution in [3.63, 3.8) is 0 Å². The molecule has 29 heavy (non-hydrogen) atoms. The van der Waals surface area contributed by atoms with Gasteiger partial charge in [0.25, 0.3) is 0 Å². The molecule has 1 aromatic heterocycles. The number of aromatic amines is 1. The summed E-state index contributed by atoms with van der Waals surface area (Å²) in [5, 5.41) is 3.35. The second kappa shape index (κ2) is 8.67. The van der Waals surface area contributed by atoms with Crippen molar-refractivity contribution in [3.05, 3.63) is 53.3 Å². The van der Waals surface area contributed by atoms with Gasteiger partial charge >= 0.3 is 0 Å². The van der Waals surface area contributed by atoms with E-state index in [1.807, 2.05) is 41.1 Å². The molecule has 0 amide bonds. The van der Waals surface area contributed by atoms with Crippen LogP contribution in [0.25, 0.3) is 11.4 Å². The Morgan fingerprint density at radius 1 is 0.966 bits per heavy atom. The number of hydrogen-bond acceptors (Lipinski definition) is 5. The van der Waals surface area contributed by atoms with Gasteiger partial charge in [0.05, 0.1) is 40.4 Å². The highest BCUT2D eigenvalue weighted by molar-refractivity contribution is 7.71. The fraction of sp³-hybridized carbons (Fsp3) is 0.333. The van der Waals surface area contributed by atoms with Crippen molar-refractivity contribution < 1.29 is 14.4 Å². The maximum Gasteiger partial charge on any atom is 0.221 e. The number of H-pyrrole nitrogens is 1.